The van der Waals surface area contributed by atoms with Gasteiger partial charge in [0.2, 0.25) is 11.7 Å². The van der Waals surface area contributed by atoms with Crippen molar-refractivity contribution in [2.24, 2.45) is 0 Å². The first kappa shape index (κ1) is 20.4. The van der Waals surface area contributed by atoms with E-state index in [1.807, 2.05) is 43.4 Å². The summed E-state index contributed by atoms with van der Waals surface area (Å²) in [6, 6.07) is 17.9. The van der Waals surface area contributed by atoms with Crippen molar-refractivity contribution in [2.45, 2.75) is 24.0 Å². The number of hydrogen-bond donors (Lipinski definition) is 1. The summed E-state index contributed by atoms with van der Waals surface area (Å²) < 4.78 is 5.72. The van der Waals surface area contributed by atoms with Crippen LogP contribution in [-0.4, -0.2) is 22.2 Å². The molecule has 30 heavy (non-hydrogen) atoms. The molecule has 0 amide bonds. The third kappa shape index (κ3) is 4.35. The number of nitrogens with zero attached hydrogens (tertiary/aromatic N) is 3. The standard InChI is InChI=1S/C23H21ClN4OS/c1-14-6-11-18(13-15(14)2)30-20(16-7-9-17(24)10-8-16)23-27-22(28-29-23)19-5-4-12-26-21(19)25-3/h4-13,20H,1-3H3,(H,25,26). The number of pyridine rings is 1. The number of benzene rings is 2. The summed E-state index contributed by atoms with van der Waals surface area (Å²) in [6.45, 7) is 4.22. The zero-order chi connectivity index (χ0) is 21.1. The summed E-state index contributed by atoms with van der Waals surface area (Å²) in [5.41, 5.74) is 4.34. The number of halogens is 1. The van der Waals surface area contributed by atoms with E-state index in [0.717, 1.165) is 16.0 Å². The van der Waals surface area contributed by atoms with Gasteiger partial charge in [0.25, 0.3) is 0 Å². The lowest BCUT2D eigenvalue weighted by molar-refractivity contribution is 0.384. The normalized spacial score (nSPS) is 12.0. The van der Waals surface area contributed by atoms with E-state index in [4.69, 9.17) is 21.1 Å². The average Bonchev–Trinajstić information content (AvgIpc) is 3.25. The van der Waals surface area contributed by atoms with Gasteiger partial charge in [0.05, 0.1) is 5.56 Å². The summed E-state index contributed by atoms with van der Waals surface area (Å²) in [4.78, 5) is 10.2. The first-order chi connectivity index (χ1) is 14.5. The van der Waals surface area contributed by atoms with E-state index in [1.165, 1.54) is 11.1 Å². The molecule has 0 saturated heterocycles. The van der Waals surface area contributed by atoms with Gasteiger partial charge in [-0.2, -0.15) is 4.98 Å². The van der Waals surface area contributed by atoms with Crippen molar-refractivity contribution < 1.29 is 4.52 Å². The van der Waals surface area contributed by atoms with Gasteiger partial charge in [-0.25, -0.2) is 4.98 Å². The minimum absolute atomic E-state index is 0.166. The van der Waals surface area contributed by atoms with Gasteiger partial charge in [-0.1, -0.05) is 35.0 Å². The Morgan fingerprint density at radius 1 is 1.03 bits per heavy atom. The van der Waals surface area contributed by atoms with Crippen molar-refractivity contribution in [3.05, 3.63) is 88.4 Å². The maximum absolute atomic E-state index is 6.11. The first-order valence-corrected chi connectivity index (χ1v) is 10.8. The van der Waals surface area contributed by atoms with Crippen LogP contribution in [-0.2, 0) is 0 Å². The second-order valence-corrected chi connectivity index (χ2v) is 8.52. The van der Waals surface area contributed by atoms with Crippen LogP contribution < -0.4 is 5.32 Å². The van der Waals surface area contributed by atoms with Gasteiger partial charge in [-0.15, -0.1) is 11.8 Å². The molecule has 152 valence electrons. The Hall–Kier alpha value is -2.83. The van der Waals surface area contributed by atoms with Gasteiger partial charge < -0.3 is 9.84 Å². The van der Waals surface area contributed by atoms with E-state index < -0.39 is 0 Å². The molecule has 0 spiro atoms. The first-order valence-electron chi connectivity index (χ1n) is 9.51. The fourth-order valence-corrected chi connectivity index (χ4v) is 4.34. The zero-order valence-electron chi connectivity index (χ0n) is 16.9. The van der Waals surface area contributed by atoms with Crippen LogP contribution in [0.5, 0.6) is 0 Å². The highest BCUT2D eigenvalue weighted by Gasteiger charge is 2.24. The van der Waals surface area contributed by atoms with Crippen molar-refractivity contribution in [3.8, 4) is 11.4 Å². The van der Waals surface area contributed by atoms with Crippen LogP contribution in [0.15, 0.2) is 70.2 Å². The largest absolute Gasteiger partial charge is 0.373 e. The third-order valence-corrected chi connectivity index (χ3v) is 6.34. The van der Waals surface area contributed by atoms with Crippen molar-refractivity contribution in [3.63, 3.8) is 0 Å². The molecule has 4 aromatic rings. The molecular formula is C23H21ClN4OS. The highest BCUT2D eigenvalue weighted by molar-refractivity contribution is 7.99. The molecule has 0 radical (unpaired) electrons. The summed E-state index contributed by atoms with van der Waals surface area (Å²) >= 11 is 7.78. The molecule has 2 aromatic heterocycles. The average molecular weight is 437 g/mol. The molecular weight excluding hydrogens is 416 g/mol. The SMILES string of the molecule is CNc1ncccc1-c1noc(C(Sc2ccc(C)c(C)c2)c2ccc(Cl)cc2)n1. The quantitative estimate of drug-likeness (QED) is 0.356. The molecule has 0 bridgehead atoms. The van der Waals surface area contributed by atoms with E-state index in [1.54, 1.807) is 18.0 Å². The Morgan fingerprint density at radius 2 is 1.83 bits per heavy atom. The van der Waals surface area contributed by atoms with Crippen LogP contribution in [0, 0.1) is 13.8 Å². The smallest absolute Gasteiger partial charge is 0.244 e. The third-order valence-electron chi connectivity index (χ3n) is 4.86. The second-order valence-electron chi connectivity index (χ2n) is 6.90. The van der Waals surface area contributed by atoms with Gasteiger partial charge in [-0.3, -0.25) is 0 Å². The minimum Gasteiger partial charge on any atom is -0.373 e. The number of anilines is 1. The maximum atomic E-state index is 6.11. The second kappa shape index (κ2) is 8.90. The monoisotopic (exact) mass is 436 g/mol. The summed E-state index contributed by atoms with van der Waals surface area (Å²) in [7, 11) is 1.82. The predicted octanol–water partition coefficient (Wildman–Crippen LogP) is 6.33. The van der Waals surface area contributed by atoms with Crippen LogP contribution in [0.3, 0.4) is 0 Å². The summed E-state index contributed by atoms with van der Waals surface area (Å²) in [6.07, 6.45) is 1.72. The maximum Gasteiger partial charge on any atom is 0.244 e. The molecule has 4 rings (SSSR count). The minimum atomic E-state index is -0.166. The van der Waals surface area contributed by atoms with Gasteiger partial charge in [0, 0.05) is 23.2 Å². The fourth-order valence-electron chi connectivity index (χ4n) is 3.06. The van der Waals surface area contributed by atoms with Crippen molar-refractivity contribution >= 4 is 29.2 Å². The topological polar surface area (TPSA) is 63.8 Å². The number of aryl methyl sites for hydroxylation is 2. The lowest BCUT2D eigenvalue weighted by Gasteiger charge is -2.14. The van der Waals surface area contributed by atoms with E-state index >= 15 is 0 Å². The lowest BCUT2D eigenvalue weighted by atomic mass is 10.1. The lowest BCUT2D eigenvalue weighted by Crippen LogP contribution is -1.99. The molecule has 7 heteroatoms. The molecule has 0 aliphatic rings. The van der Waals surface area contributed by atoms with Gasteiger partial charge in [0.1, 0.15) is 11.1 Å². The van der Waals surface area contributed by atoms with Crippen LogP contribution in [0.4, 0.5) is 5.82 Å². The molecule has 5 nitrogen and oxygen atoms in total. The predicted molar refractivity (Wildman–Crippen MR) is 122 cm³/mol. The van der Waals surface area contributed by atoms with E-state index in [2.05, 4.69) is 47.5 Å². The highest BCUT2D eigenvalue weighted by Crippen LogP contribution is 2.41. The number of aromatic nitrogens is 3. The number of thioether (sulfide) groups is 1. The van der Waals surface area contributed by atoms with Gasteiger partial charge in [-0.05, 0) is 66.9 Å². The van der Waals surface area contributed by atoms with Gasteiger partial charge in [0.15, 0.2) is 0 Å². The van der Waals surface area contributed by atoms with Crippen LogP contribution in [0.2, 0.25) is 5.02 Å². The van der Waals surface area contributed by atoms with Gasteiger partial charge >= 0.3 is 0 Å². The molecule has 0 fully saturated rings. The van der Waals surface area contributed by atoms with E-state index in [0.29, 0.717) is 22.6 Å². The molecule has 1 atom stereocenters. The van der Waals surface area contributed by atoms with Crippen molar-refractivity contribution in [2.75, 3.05) is 12.4 Å². The number of nitrogens with one attached hydrogen (secondary N) is 1. The van der Waals surface area contributed by atoms with E-state index in [-0.39, 0.29) is 5.25 Å². The van der Waals surface area contributed by atoms with Crippen LogP contribution in [0.1, 0.15) is 27.8 Å². The molecule has 2 heterocycles. The van der Waals surface area contributed by atoms with Crippen molar-refractivity contribution in [1.29, 1.82) is 0 Å². The Balaban J connectivity index is 1.73. The Morgan fingerprint density at radius 3 is 2.57 bits per heavy atom. The fraction of sp³-hybridized carbons (Fsp3) is 0.174. The molecule has 2 aromatic carbocycles. The Kier molecular flexibility index (Phi) is 6.06. The molecule has 0 aliphatic carbocycles. The number of hydrogen-bond acceptors (Lipinski definition) is 6. The highest BCUT2D eigenvalue weighted by atomic mass is 35.5. The molecule has 0 aliphatic heterocycles. The molecule has 1 unspecified atom stereocenters. The van der Waals surface area contributed by atoms with Crippen LogP contribution in [0.25, 0.3) is 11.4 Å². The Bertz CT molecular complexity index is 1160. The zero-order valence-corrected chi connectivity index (χ0v) is 18.5. The van der Waals surface area contributed by atoms with Crippen molar-refractivity contribution in [1.82, 2.24) is 15.1 Å². The summed E-state index contributed by atoms with van der Waals surface area (Å²) in [5, 5.41) is 7.82. The molecule has 1 N–H and O–H groups in total. The van der Waals surface area contributed by atoms with E-state index in [9.17, 15) is 0 Å². The molecule has 0 saturated carbocycles. The number of rotatable bonds is 6. The summed E-state index contributed by atoms with van der Waals surface area (Å²) in [5.74, 6) is 1.73. The van der Waals surface area contributed by atoms with Crippen LogP contribution >= 0.6 is 23.4 Å². The Labute approximate surface area is 184 Å².